The molecule has 0 saturated heterocycles. The largest absolute Gasteiger partial charge is 0.396 e. The van der Waals surface area contributed by atoms with E-state index < -0.39 is 0 Å². The molecule has 0 radical (unpaired) electrons. The van der Waals surface area contributed by atoms with Crippen molar-refractivity contribution in [2.75, 3.05) is 17.6 Å². The molecule has 2 rings (SSSR count). The lowest BCUT2D eigenvalue weighted by molar-refractivity contribution is 0.638. The third-order valence-electron chi connectivity index (χ3n) is 2.33. The van der Waals surface area contributed by atoms with Gasteiger partial charge in [0.05, 0.1) is 18.4 Å². The Morgan fingerprint density at radius 1 is 1.44 bits per heavy atom. The van der Waals surface area contributed by atoms with Crippen molar-refractivity contribution < 1.29 is 0 Å². The molecular formula is C11H15N5. The molecule has 2 heterocycles. The molecule has 0 aliphatic carbocycles. The summed E-state index contributed by atoms with van der Waals surface area (Å²) in [5.74, 6) is 0. The number of rotatable bonds is 4. The Hall–Kier alpha value is -2.04. The molecule has 0 unspecified atom stereocenters. The molecule has 0 bridgehead atoms. The average molecular weight is 217 g/mol. The number of anilines is 2. The maximum atomic E-state index is 5.57. The van der Waals surface area contributed by atoms with Gasteiger partial charge in [-0.15, -0.1) is 0 Å². The third-order valence-corrected chi connectivity index (χ3v) is 2.33. The van der Waals surface area contributed by atoms with Crippen molar-refractivity contribution in [2.24, 2.45) is 0 Å². The lowest BCUT2D eigenvalue weighted by atomic mass is 10.2. The van der Waals surface area contributed by atoms with Crippen LogP contribution in [0.3, 0.4) is 0 Å². The van der Waals surface area contributed by atoms with Crippen molar-refractivity contribution >= 4 is 11.4 Å². The van der Waals surface area contributed by atoms with Crippen LogP contribution in [0.2, 0.25) is 0 Å². The average Bonchev–Trinajstić information content (AvgIpc) is 2.67. The molecule has 0 aliphatic rings. The number of nitrogens with two attached hydrogens (primary N) is 1. The van der Waals surface area contributed by atoms with Gasteiger partial charge >= 0.3 is 0 Å². The standard InChI is InChI=1S/C11H15N5/c1-9-6-13-3-2-11(9)14-4-5-16-8-10(12)7-15-16/h2-3,6-8H,4-5,12H2,1H3,(H,13,14). The normalized spacial score (nSPS) is 10.3. The van der Waals surface area contributed by atoms with Crippen LogP contribution >= 0.6 is 0 Å². The van der Waals surface area contributed by atoms with Crippen LogP contribution in [-0.2, 0) is 6.54 Å². The van der Waals surface area contributed by atoms with Crippen molar-refractivity contribution in [3.63, 3.8) is 0 Å². The van der Waals surface area contributed by atoms with Gasteiger partial charge < -0.3 is 11.1 Å². The van der Waals surface area contributed by atoms with E-state index in [2.05, 4.69) is 15.4 Å². The van der Waals surface area contributed by atoms with Gasteiger partial charge in [-0.05, 0) is 18.6 Å². The van der Waals surface area contributed by atoms with Gasteiger partial charge in [-0.1, -0.05) is 0 Å². The van der Waals surface area contributed by atoms with Gasteiger partial charge in [-0.3, -0.25) is 9.67 Å². The van der Waals surface area contributed by atoms with Gasteiger partial charge in [0.1, 0.15) is 0 Å². The highest BCUT2D eigenvalue weighted by Gasteiger charge is 1.97. The van der Waals surface area contributed by atoms with Crippen molar-refractivity contribution in [2.45, 2.75) is 13.5 Å². The van der Waals surface area contributed by atoms with E-state index in [1.54, 1.807) is 12.4 Å². The van der Waals surface area contributed by atoms with Gasteiger partial charge in [0.2, 0.25) is 0 Å². The van der Waals surface area contributed by atoms with Crippen LogP contribution in [0.5, 0.6) is 0 Å². The second-order valence-electron chi connectivity index (χ2n) is 3.65. The number of hydrogen-bond acceptors (Lipinski definition) is 4. The van der Waals surface area contributed by atoms with Crippen LogP contribution in [0, 0.1) is 6.92 Å². The Morgan fingerprint density at radius 3 is 3.00 bits per heavy atom. The van der Waals surface area contributed by atoms with E-state index in [1.165, 1.54) is 0 Å². The first-order valence-corrected chi connectivity index (χ1v) is 5.18. The Bertz CT molecular complexity index is 463. The van der Waals surface area contributed by atoms with Crippen LogP contribution in [0.15, 0.2) is 30.9 Å². The molecule has 84 valence electrons. The van der Waals surface area contributed by atoms with E-state index in [-0.39, 0.29) is 0 Å². The van der Waals surface area contributed by atoms with E-state index in [0.717, 1.165) is 24.3 Å². The Kier molecular flexibility index (Phi) is 3.05. The first-order chi connectivity index (χ1) is 7.75. The fourth-order valence-electron chi connectivity index (χ4n) is 1.48. The van der Waals surface area contributed by atoms with Crippen molar-refractivity contribution in [3.8, 4) is 0 Å². The van der Waals surface area contributed by atoms with E-state index >= 15 is 0 Å². The first kappa shape index (κ1) is 10.5. The fraction of sp³-hybridized carbons (Fsp3) is 0.273. The van der Waals surface area contributed by atoms with Gasteiger partial charge in [-0.25, -0.2) is 0 Å². The Morgan fingerprint density at radius 2 is 2.31 bits per heavy atom. The summed E-state index contributed by atoms with van der Waals surface area (Å²) < 4.78 is 1.82. The smallest absolute Gasteiger partial charge is 0.0719 e. The molecule has 0 atom stereocenters. The summed E-state index contributed by atoms with van der Waals surface area (Å²) in [4.78, 5) is 4.04. The number of pyridine rings is 1. The van der Waals surface area contributed by atoms with E-state index in [4.69, 9.17) is 5.73 Å². The summed E-state index contributed by atoms with van der Waals surface area (Å²) in [6.45, 7) is 3.63. The third kappa shape index (κ3) is 2.50. The Labute approximate surface area is 94.3 Å². The quantitative estimate of drug-likeness (QED) is 0.809. The Balaban J connectivity index is 1.87. The van der Waals surface area contributed by atoms with Gasteiger partial charge in [0.15, 0.2) is 0 Å². The van der Waals surface area contributed by atoms with E-state index in [9.17, 15) is 0 Å². The summed E-state index contributed by atoms with van der Waals surface area (Å²) in [6.07, 6.45) is 7.09. The first-order valence-electron chi connectivity index (χ1n) is 5.18. The molecule has 5 nitrogen and oxygen atoms in total. The number of nitrogens with one attached hydrogen (secondary N) is 1. The van der Waals surface area contributed by atoms with Gasteiger partial charge in [0.25, 0.3) is 0 Å². The van der Waals surface area contributed by atoms with Crippen LogP contribution < -0.4 is 11.1 Å². The van der Waals surface area contributed by atoms with Crippen LogP contribution in [-0.4, -0.2) is 21.3 Å². The highest BCUT2D eigenvalue weighted by Crippen LogP contribution is 2.10. The second kappa shape index (κ2) is 4.65. The van der Waals surface area contributed by atoms with Crippen molar-refractivity contribution in [1.29, 1.82) is 0 Å². The summed E-state index contributed by atoms with van der Waals surface area (Å²) >= 11 is 0. The SMILES string of the molecule is Cc1cnccc1NCCn1cc(N)cn1. The van der Waals surface area contributed by atoms with E-state index in [1.807, 2.05) is 30.1 Å². The lowest BCUT2D eigenvalue weighted by Gasteiger charge is -2.08. The minimum absolute atomic E-state index is 0.695. The number of aromatic nitrogens is 3. The summed E-state index contributed by atoms with van der Waals surface area (Å²) in [6, 6.07) is 1.97. The molecule has 0 fully saturated rings. The molecule has 16 heavy (non-hydrogen) atoms. The maximum Gasteiger partial charge on any atom is 0.0719 e. The number of nitrogen functional groups attached to an aromatic ring is 1. The zero-order valence-corrected chi connectivity index (χ0v) is 9.22. The maximum absolute atomic E-state index is 5.57. The summed E-state index contributed by atoms with van der Waals surface area (Å²) in [5.41, 5.74) is 8.52. The minimum Gasteiger partial charge on any atom is -0.396 e. The minimum atomic E-state index is 0.695. The monoisotopic (exact) mass is 217 g/mol. The fourth-order valence-corrected chi connectivity index (χ4v) is 1.48. The van der Waals surface area contributed by atoms with Crippen molar-refractivity contribution in [1.82, 2.24) is 14.8 Å². The zero-order valence-electron chi connectivity index (χ0n) is 9.22. The van der Waals surface area contributed by atoms with Crippen molar-refractivity contribution in [3.05, 3.63) is 36.4 Å². The van der Waals surface area contributed by atoms with Gasteiger partial charge in [0, 0.05) is 30.8 Å². The second-order valence-corrected chi connectivity index (χ2v) is 3.65. The number of hydrogen-bond donors (Lipinski definition) is 2. The van der Waals surface area contributed by atoms with Gasteiger partial charge in [-0.2, -0.15) is 5.10 Å². The zero-order chi connectivity index (χ0) is 11.4. The molecule has 0 spiro atoms. The topological polar surface area (TPSA) is 68.8 Å². The molecule has 3 N–H and O–H groups in total. The molecule has 2 aromatic rings. The molecular weight excluding hydrogens is 202 g/mol. The molecule has 0 saturated carbocycles. The van der Waals surface area contributed by atoms with Crippen LogP contribution in [0.25, 0.3) is 0 Å². The molecule has 0 aliphatic heterocycles. The molecule has 5 heteroatoms. The lowest BCUT2D eigenvalue weighted by Crippen LogP contribution is -2.11. The molecule has 2 aromatic heterocycles. The molecule has 0 amide bonds. The predicted molar refractivity (Wildman–Crippen MR) is 64.1 cm³/mol. The number of aryl methyl sites for hydroxylation is 1. The number of nitrogens with zero attached hydrogens (tertiary/aromatic N) is 3. The van der Waals surface area contributed by atoms with Crippen LogP contribution in [0.1, 0.15) is 5.56 Å². The van der Waals surface area contributed by atoms with E-state index in [0.29, 0.717) is 5.69 Å². The highest BCUT2D eigenvalue weighted by molar-refractivity contribution is 5.48. The predicted octanol–water partition coefficient (Wildman–Crippen LogP) is 1.28. The summed E-state index contributed by atoms with van der Waals surface area (Å²) in [5, 5.41) is 7.44. The summed E-state index contributed by atoms with van der Waals surface area (Å²) in [7, 11) is 0. The molecule has 0 aromatic carbocycles. The van der Waals surface area contributed by atoms with Crippen LogP contribution in [0.4, 0.5) is 11.4 Å². The highest BCUT2D eigenvalue weighted by atomic mass is 15.3.